The van der Waals surface area contributed by atoms with Crippen LogP contribution in [0.1, 0.15) is 31.4 Å². The zero-order valence-electron chi connectivity index (χ0n) is 13.1. The van der Waals surface area contributed by atoms with Gasteiger partial charge in [-0.25, -0.2) is 0 Å². The first kappa shape index (κ1) is 15.6. The minimum atomic E-state index is -0.407. The van der Waals surface area contributed by atoms with Gasteiger partial charge in [-0.15, -0.1) is 0 Å². The zero-order chi connectivity index (χ0) is 15.4. The number of H-pyrrole nitrogens is 1. The highest BCUT2D eigenvalue weighted by atomic mass is 16.2. The maximum absolute atomic E-state index is 11.9. The molecule has 114 valence electrons. The van der Waals surface area contributed by atoms with Crippen LogP contribution in [0.25, 0.3) is 10.9 Å². The number of nitrogens with one attached hydrogen (secondary N) is 2. The van der Waals surface area contributed by atoms with Crippen molar-refractivity contribution in [3.05, 3.63) is 35.5 Å². The number of aromatic amines is 1. The molecule has 0 saturated heterocycles. The monoisotopic (exact) mass is 287 g/mol. The molecule has 0 radical (unpaired) electrons. The van der Waals surface area contributed by atoms with Gasteiger partial charge in [0.15, 0.2) is 0 Å². The number of carbonyl (C=O) groups excluding carboxylic acids is 1. The van der Waals surface area contributed by atoms with Gasteiger partial charge in [0, 0.05) is 23.6 Å². The van der Waals surface area contributed by atoms with Crippen LogP contribution in [0.2, 0.25) is 0 Å². The van der Waals surface area contributed by atoms with E-state index in [9.17, 15) is 4.79 Å². The number of hydrogen-bond donors (Lipinski definition) is 3. The van der Waals surface area contributed by atoms with Crippen molar-refractivity contribution in [3.63, 3.8) is 0 Å². The van der Waals surface area contributed by atoms with Crippen LogP contribution >= 0.6 is 0 Å². The van der Waals surface area contributed by atoms with E-state index in [0.29, 0.717) is 12.5 Å². The predicted octanol–water partition coefficient (Wildman–Crippen LogP) is 2.51. The van der Waals surface area contributed by atoms with Crippen LogP contribution in [-0.4, -0.2) is 23.5 Å². The maximum atomic E-state index is 11.9. The molecule has 0 bridgehead atoms. The van der Waals surface area contributed by atoms with E-state index in [4.69, 9.17) is 5.73 Å². The Balaban J connectivity index is 1.91. The van der Waals surface area contributed by atoms with Crippen LogP contribution < -0.4 is 11.1 Å². The van der Waals surface area contributed by atoms with Gasteiger partial charge in [-0.05, 0) is 36.8 Å². The zero-order valence-corrected chi connectivity index (χ0v) is 13.1. The minimum absolute atomic E-state index is 0.0558. The van der Waals surface area contributed by atoms with E-state index < -0.39 is 6.04 Å². The lowest BCUT2D eigenvalue weighted by molar-refractivity contribution is -0.122. The third-order valence-corrected chi connectivity index (χ3v) is 3.77. The number of hydrogen-bond acceptors (Lipinski definition) is 2. The Labute approximate surface area is 126 Å². The van der Waals surface area contributed by atoms with E-state index in [0.717, 1.165) is 12.8 Å². The van der Waals surface area contributed by atoms with Crippen molar-refractivity contribution in [2.75, 3.05) is 6.54 Å². The van der Waals surface area contributed by atoms with Crippen molar-refractivity contribution in [2.24, 2.45) is 11.7 Å². The lowest BCUT2D eigenvalue weighted by Gasteiger charge is -2.13. The molecule has 1 amide bonds. The summed E-state index contributed by atoms with van der Waals surface area (Å²) >= 11 is 0. The van der Waals surface area contributed by atoms with Gasteiger partial charge in [0.25, 0.3) is 0 Å². The molecule has 0 spiro atoms. The van der Waals surface area contributed by atoms with Gasteiger partial charge in [-0.2, -0.15) is 0 Å². The summed E-state index contributed by atoms with van der Waals surface area (Å²) in [6.07, 6.45) is 3.56. The number of fused-ring (bicyclic) bond motifs is 1. The van der Waals surface area contributed by atoms with Gasteiger partial charge in [0.1, 0.15) is 0 Å². The summed E-state index contributed by atoms with van der Waals surface area (Å²) in [5.74, 6) is 0.377. The highest BCUT2D eigenvalue weighted by Crippen LogP contribution is 2.21. The summed E-state index contributed by atoms with van der Waals surface area (Å²) in [6.45, 7) is 6.85. The topological polar surface area (TPSA) is 70.9 Å². The quantitative estimate of drug-likeness (QED) is 0.764. The summed E-state index contributed by atoms with van der Waals surface area (Å²) in [5, 5.41) is 4.16. The molecule has 0 aliphatic rings. The van der Waals surface area contributed by atoms with Crippen LogP contribution in [0.15, 0.2) is 24.4 Å². The smallest absolute Gasteiger partial charge is 0.236 e. The summed E-state index contributed by atoms with van der Waals surface area (Å²) in [5.41, 5.74) is 9.51. The standard InChI is InChI=1S/C17H25N3O/c1-11(2)9-15(18)17(21)19-8-7-13-10-20-16-12(3)5-4-6-14(13)16/h4-6,10-11,15,20H,7-9,18H2,1-3H3,(H,19,21)/t15-/m0/s1. The van der Waals surface area contributed by atoms with Crippen molar-refractivity contribution < 1.29 is 4.79 Å². The van der Waals surface area contributed by atoms with Crippen molar-refractivity contribution in [1.29, 1.82) is 0 Å². The fraction of sp³-hybridized carbons (Fsp3) is 0.471. The number of carbonyl (C=O) groups is 1. The lowest BCUT2D eigenvalue weighted by Crippen LogP contribution is -2.42. The van der Waals surface area contributed by atoms with Crippen molar-refractivity contribution in [1.82, 2.24) is 10.3 Å². The molecule has 4 N–H and O–H groups in total. The summed E-state index contributed by atoms with van der Waals surface area (Å²) in [6, 6.07) is 5.86. The second-order valence-electron chi connectivity index (χ2n) is 6.09. The van der Waals surface area contributed by atoms with E-state index in [1.54, 1.807) is 0 Å². The average Bonchev–Trinajstić information content (AvgIpc) is 2.83. The second kappa shape index (κ2) is 6.76. The van der Waals surface area contributed by atoms with E-state index in [1.807, 2.05) is 6.20 Å². The SMILES string of the molecule is Cc1cccc2c(CCNC(=O)[C@@H](N)CC(C)C)c[nH]c12. The first-order chi connectivity index (χ1) is 9.99. The third kappa shape index (κ3) is 3.85. The fourth-order valence-corrected chi connectivity index (χ4v) is 2.64. The minimum Gasteiger partial charge on any atom is -0.361 e. The first-order valence-electron chi connectivity index (χ1n) is 7.58. The molecule has 4 nitrogen and oxygen atoms in total. The van der Waals surface area contributed by atoms with E-state index >= 15 is 0 Å². The van der Waals surface area contributed by atoms with Crippen LogP contribution in [0.4, 0.5) is 0 Å². The molecular formula is C17H25N3O. The Morgan fingerprint density at radius 3 is 2.86 bits per heavy atom. The number of benzene rings is 1. The molecule has 4 heteroatoms. The Bertz CT molecular complexity index is 616. The molecule has 21 heavy (non-hydrogen) atoms. The number of rotatable bonds is 6. The summed E-state index contributed by atoms with van der Waals surface area (Å²) in [7, 11) is 0. The highest BCUT2D eigenvalue weighted by Gasteiger charge is 2.14. The molecule has 1 aromatic heterocycles. The van der Waals surface area contributed by atoms with Gasteiger partial charge in [-0.1, -0.05) is 32.0 Å². The van der Waals surface area contributed by atoms with Crippen molar-refractivity contribution in [3.8, 4) is 0 Å². The maximum Gasteiger partial charge on any atom is 0.236 e. The number of nitrogens with two attached hydrogens (primary N) is 1. The van der Waals surface area contributed by atoms with Gasteiger partial charge in [0.05, 0.1) is 6.04 Å². The molecule has 0 fully saturated rings. The Hall–Kier alpha value is -1.81. The molecule has 0 aliphatic heterocycles. The number of aryl methyl sites for hydroxylation is 1. The normalized spacial score (nSPS) is 12.8. The van der Waals surface area contributed by atoms with Gasteiger partial charge < -0.3 is 16.0 Å². The van der Waals surface area contributed by atoms with Gasteiger partial charge in [-0.3, -0.25) is 4.79 Å². The third-order valence-electron chi connectivity index (χ3n) is 3.77. The molecule has 0 unspecified atom stereocenters. The van der Waals surface area contributed by atoms with Crippen molar-refractivity contribution in [2.45, 2.75) is 39.7 Å². The first-order valence-corrected chi connectivity index (χ1v) is 7.58. The second-order valence-corrected chi connectivity index (χ2v) is 6.09. The molecule has 1 heterocycles. The Morgan fingerprint density at radius 2 is 2.14 bits per heavy atom. The highest BCUT2D eigenvalue weighted by molar-refractivity contribution is 5.86. The van der Waals surface area contributed by atoms with Crippen LogP contribution in [0.3, 0.4) is 0 Å². The number of amides is 1. The van der Waals surface area contributed by atoms with Crippen molar-refractivity contribution >= 4 is 16.8 Å². The van der Waals surface area contributed by atoms with E-state index in [1.165, 1.54) is 22.0 Å². The summed E-state index contributed by atoms with van der Waals surface area (Å²) < 4.78 is 0. The Morgan fingerprint density at radius 1 is 1.38 bits per heavy atom. The molecule has 0 aliphatic carbocycles. The largest absolute Gasteiger partial charge is 0.361 e. The molecule has 2 aromatic rings. The van der Waals surface area contributed by atoms with Crippen LogP contribution in [0.5, 0.6) is 0 Å². The predicted molar refractivity (Wildman–Crippen MR) is 87.2 cm³/mol. The average molecular weight is 287 g/mol. The Kier molecular flexibility index (Phi) is 5.02. The fourth-order valence-electron chi connectivity index (χ4n) is 2.64. The molecule has 2 rings (SSSR count). The molecular weight excluding hydrogens is 262 g/mol. The summed E-state index contributed by atoms with van der Waals surface area (Å²) in [4.78, 5) is 15.2. The van der Waals surface area contributed by atoms with E-state index in [2.05, 4.69) is 49.3 Å². The van der Waals surface area contributed by atoms with E-state index in [-0.39, 0.29) is 5.91 Å². The van der Waals surface area contributed by atoms with Gasteiger partial charge in [0.2, 0.25) is 5.91 Å². The molecule has 0 saturated carbocycles. The van der Waals surface area contributed by atoms with Gasteiger partial charge >= 0.3 is 0 Å². The molecule has 1 aromatic carbocycles. The molecule has 1 atom stereocenters. The van der Waals surface area contributed by atoms with Crippen LogP contribution in [-0.2, 0) is 11.2 Å². The number of para-hydroxylation sites is 1. The lowest BCUT2D eigenvalue weighted by atomic mass is 10.0. The van der Waals surface area contributed by atoms with Crippen LogP contribution in [0, 0.1) is 12.8 Å². The number of aromatic nitrogens is 1.